The molecule has 1 fully saturated rings. The summed E-state index contributed by atoms with van der Waals surface area (Å²) in [6, 6.07) is 8.60. The van der Waals surface area contributed by atoms with Gasteiger partial charge in [0.25, 0.3) is 0 Å². The highest BCUT2D eigenvalue weighted by atomic mass is 19.4. The molecule has 2 aliphatic rings. The molecule has 0 spiro atoms. The highest BCUT2D eigenvalue weighted by Crippen LogP contribution is 2.31. The molecule has 3 amide bonds. The SMILES string of the molecule is O=C(CNC(=O)C(F)(F)F)c1ccc(CN(C(=O)N2CCCCC2)c2ccc3c(c2)CCO3)c(F)c1. The Morgan fingerprint density at radius 3 is 2.47 bits per heavy atom. The maximum atomic E-state index is 15.0. The lowest BCUT2D eigenvalue weighted by atomic mass is 10.1. The third-order valence-corrected chi connectivity index (χ3v) is 6.21. The Hall–Kier alpha value is -3.63. The Kier molecular flexibility index (Phi) is 7.46. The molecule has 2 aliphatic heterocycles. The van der Waals surface area contributed by atoms with E-state index in [1.165, 1.54) is 22.3 Å². The molecule has 4 rings (SSSR count). The summed E-state index contributed by atoms with van der Waals surface area (Å²) in [6.45, 7) is 0.715. The normalized spacial score (nSPS) is 15.2. The van der Waals surface area contributed by atoms with Crippen LogP contribution in [0.2, 0.25) is 0 Å². The lowest BCUT2D eigenvalue weighted by molar-refractivity contribution is -0.173. The number of amides is 3. The molecule has 36 heavy (non-hydrogen) atoms. The molecule has 0 unspecified atom stereocenters. The minimum atomic E-state index is -5.12. The van der Waals surface area contributed by atoms with E-state index in [0.717, 1.165) is 36.6 Å². The van der Waals surface area contributed by atoms with E-state index in [1.54, 1.807) is 17.0 Å². The molecule has 0 radical (unpaired) electrons. The van der Waals surface area contributed by atoms with E-state index in [-0.39, 0.29) is 23.7 Å². The van der Waals surface area contributed by atoms with E-state index in [2.05, 4.69) is 0 Å². The lowest BCUT2D eigenvalue weighted by Gasteiger charge is -2.33. The van der Waals surface area contributed by atoms with Gasteiger partial charge in [0.15, 0.2) is 5.78 Å². The molecule has 1 N–H and O–H groups in total. The predicted molar refractivity (Wildman–Crippen MR) is 122 cm³/mol. The number of urea groups is 1. The topological polar surface area (TPSA) is 79.0 Å². The average molecular weight is 507 g/mol. The fraction of sp³-hybridized carbons (Fsp3) is 0.400. The standard InChI is InChI=1S/C25H25F4N3O4/c26-20-13-16(21(33)14-30-23(34)25(27,28)29)4-5-18(20)15-32(24(35)31-9-2-1-3-10-31)19-6-7-22-17(12-19)8-11-36-22/h4-7,12-13H,1-3,8-11,14-15H2,(H,30,34). The summed E-state index contributed by atoms with van der Waals surface area (Å²) in [6.07, 6.45) is -1.62. The van der Waals surface area contributed by atoms with Crippen LogP contribution in [0.1, 0.15) is 40.7 Å². The maximum absolute atomic E-state index is 15.0. The number of anilines is 1. The number of hydrogen-bond acceptors (Lipinski definition) is 4. The molecule has 0 saturated carbocycles. The fourth-order valence-corrected chi connectivity index (χ4v) is 4.25. The van der Waals surface area contributed by atoms with E-state index >= 15 is 4.39 Å². The number of alkyl halides is 3. The lowest BCUT2D eigenvalue weighted by Crippen LogP contribution is -2.45. The molecule has 1 saturated heterocycles. The number of halogens is 4. The summed E-state index contributed by atoms with van der Waals surface area (Å²) in [5.41, 5.74) is 1.48. The Balaban J connectivity index is 1.54. The summed E-state index contributed by atoms with van der Waals surface area (Å²) in [7, 11) is 0. The number of benzene rings is 2. The Bertz CT molecular complexity index is 1160. The van der Waals surface area contributed by atoms with Gasteiger partial charge in [0.05, 0.1) is 19.7 Å². The summed E-state index contributed by atoms with van der Waals surface area (Å²) >= 11 is 0. The van der Waals surface area contributed by atoms with Gasteiger partial charge in [-0.25, -0.2) is 9.18 Å². The molecular formula is C25H25F4N3O4. The van der Waals surface area contributed by atoms with Crippen molar-refractivity contribution in [2.75, 3.05) is 31.1 Å². The van der Waals surface area contributed by atoms with E-state index in [9.17, 15) is 27.6 Å². The summed E-state index contributed by atoms with van der Waals surface area (Å²) in [5.74, 6) is -3.17. The molecule has 0 bridgehead atoms. The molecule has 2 aromatic rings. The van der Waals surface area contributed by atoms with Crippen molar-refractivity contribution in [3.05, 3.63) is 58.9 Å². The van der Waals surface area contributed by atoms with Crippen LogP contribution in [0.4, 0.5) is 28.0 Å². The number of Topliss-reactive ketones (excluding diaryl/α,β-unsaturated/α-hetero) is 1. The number of rotatable bonds is 6. The minimum Gasteiger partial charge on any atom is -0.493 e. The van der Waals surface area contributed by atoms with E-state index < -0.39 is 30.2 Å². The number of ketones is 1. The van der Waals surface area contributed by atoms with Gasteiger partial charge >= 0.3 is 18.1 Å². The highest BCUT2D eigenvalue weighted by molar-refractivity contribution is 6.00. The number of ether oxygens (including phenoxy) is 1. The van der Waals surface area contributed by atoms with Gasteiger partial charge in [-0.05, 0) is 49.1 Å². The van der Waals surface area contributed by atoms with Crippen molar-refractivity contribution in [2.45, 2.75) is 38.4 Å². The van der Waals surface area contributed by atoms with Gasteiger partial charge in [-0.2, -0.15) is 13.2 Å². The van der Waals surface area contributed by atoms with E-state index in [1.807, 2.05) is 6.07 Å². The molecule has 2 heterocycles. The second-order valence-corrected chi connectivity index (χ2v) is 8.72. The molecule has 0 aliphatic carbocycles. The summed E-state index contributed by atoms with van der Waals surface area (Å²) in [4.78, 5) is 39.7. The van der Waals surface area contributed by atoms with E-state index in [0.29, 0.717) is 31.8 Å². The Labute approximate surface area is 205 Å². The predicted octanol–water partition coefficient (Wildman–Crippen LogP) is 4.23. The number of nitrogens with zero attached hydrogens (tertiary/aromatic N) is 2. The van der Waals surface area contributed by atoms with Crippen LogP contribution < -0.4 is 15.0 Å². The van der Waals surface area contributed by atoms with Gasteiger partial charge < -0.3 is 15.0 Å². The first-order valence-electron chi connectivity index (χ1n) is 11.6. The number of fused-ring (bicyclic) bond motifs is 1. The monoisotopic (exact) mass is 507 g/mol. The third kappa shape index (κ3) is 5.77. The van der Waals surface area contributed by atoms with Crippen LogP contribution in [0.15, 0.2) is 36.4 Å². The maximum Gasteiger partial charge on any atom is 0.471 e. The zero-order valence-corrected chi connectivity index (χ0v) is 19.4. The number of carbonyl (C=O) groups is 3. The molecular weight excluding hydrogens is 482 g/mol. The van der Waals surface area contributed by atoms with Gasteiger partial charge in [-0.3, -0.25) is 14.5 Å². The minimum absolute atomic E-state index is 0.111. The first kappa shape index (κ1) is 25.5. The second kappa shape index (κ2) is 10.5. The number of piperidine rings is 1. The van der Waals surface area contributed by atoms with Crippen molar-refractivity contribution >= 4 is 23.4 Å². The van der Waals surface area contributed by atoms with Crippen molar-refractivity contribution in [2.24, 2.45) is 0 Å². The van der Waals surface area contributed by atoms with Gasteiger partial charge in [-0.15, -0.1) is 0 Å². The largest absolute Gasteiger partial charge is 0.493 e. The first-order chi connectivity index (χ1) is 17.1. The Morgan fingerprint density at radius 2 is 1.78 bits per heavy atom. The van der Waals surface area contributed by atoms with Crippen LogP contribution in [-0.4, -0.2) is 55.0 Å². The van der Waals surface area contributed by atoms with Crippen LogP contribution in [0.5, 0.6) is 5.75 Å². The molecule has 2 aromatic carbocycles. The molecule has 0 aromatic heterocycles. The quantitative estimate of drug-likeness (QED) is 0.469. The van der Waals surface area contributed by atoms with Crippen LogP contribution in [-0.2, 0) is 17.8 Å². The highest BCUT2D eigenvalue weighted by Gasteiger charge is 2.38. The molecule has 0 atom stereocenters. The van der Waals surface area contributed by atoms with Gasteiger partial charge in [0.1, 0.15) is 11.6 Å². The third-order valence-electron chi connectivity index (χ3n) is 6.21. The number of carbonyl (C=O) groups excluding carboxylic acids is 3. The number of nitrogens with one attached hydrogen (secondary N) is 1. The van der Waals surface area contributed by atoms with Crippen LogP contribution in [0.3, 0.4) is 0 Å². The zero-order chi connectivity index (χ0) is 25.9. The number of likely N-dealkylation sites (tertiary alicyclic amines) is 1. The smallest absolute Gasteiger partial charge is 0.471 e. The average Bonchev–Trinajstić information content (AvgIpc) is 3.34. The molecule has 11 heteroatoms. The van der Waals surface area contributed by atoms with Gasteiger partial charge in [0.2, 0.25) is 0 Å². The van der Waals surface area contributed by atoms with Crippen molar-refractivity contribution in [1.29, 1.82) is 0 Å². The van der Waals surface area contributed by atoms with Crippen molar-refractivity contribution in [3.8, 4) is 5.75 Å². The van der Waals surface area contributed by atoms with Crippen LogP contribution in [0.25, 0.3) is 0 Å². The summed E-state index contributed by atoms with van der Waals surface area (Å²) < 4.78 is 57.5. The summed E-state index contributed by atoms with van der Waals surface area (Å²) in [5, 5.41) is 1.48. The second-order valence-electron chi connectivity index (χ2n) is 8.72. The van der Waals surface area contributed by atoms with Crippen molar-refractivity contribution < 1.29 is 36.7 Å². The Morgan fingerprint density at radius 1 is 1.03 bits per heavy atom. The fourth-order valence-electron chi connectivity index (χ4n) is 4.25. The van der Waals surface area contributed by atoms with Crippen molar-refractivity contribution in [1.82, 2.24) is 10.2 Å². The molecule has 192 valence electrons. The molecule has 7 nitrogen and oxygen atoms in total. The zero-order valence-electron chi connectivity index (χ0n) is 19.4. The van der Waals surface area contributed by atoms with Gasteiger partial charge in [-0.1, -0.05) is 12.1 Å². The van der Waals surface area contributed by atoms with Crippen LogP contribution in [0, 0.1) is 5.82 Å². The first-order valence-corrected chi connectivity index (χ1v) is 11.6. The van der Waals surface area contributed by atoms with Crippen molar-refractivity contribution in [3.63, 3.8) is 0 Å². The van der Waals surface area contributed by atoms with Gasteiger partial charge in [0, 0.05) is 36.3 Å². The van der Waals surface area contributed by atoms with E-state index in [4.69, 9.17) is 4.74 Å². The van der Waals surface area contributed by atoms with Crippen LogP contribution >= 0.6 is 0 Å². The number of hydrogen-bond donors (Lipinski definition) is 1.